The highest BCUT2D eigenvalue weighted by Gasteiger charge is 2.16. The molecule has 1 amide bonds. The van der Waals surface area contributed by atoms with E-state index >= 15 is 0 Å². The molecule has 1 aliphatic rings. The summed E-state index contributed by atoms with van der Waals surface area (Å²) in [5.74, 6) is 3.83. The van der Waals surface area contributed by atoms with Crippen molar-refractivity contribution in [3.8, 4) is 5.75 Å². The molecule has 0 unspecified atom stereocenters. The van der Waals surface area contributed by atoms with Gasteiger partial charge in [0.15, 0.2) is 6.61 Å². The molecule has 1 saturated carbocycles. The van der Waals surface area contributed by atoms with Crippen molar-refractivity contribution < 1.29 is 9.53 Å². The summed E-state index contributed by atoms with van der Waals surface area (Å²) in [4.78, 5) is 14.8. The Morgan fingerprint density at radius 3 is 2.34 bits per heavy atom. The van der Waals surface area contributed by atoms with Crippen LogP contribution in [0.3, 0.4) is 0 Å². The van der Waals surface area contributed by atoms with E-state index in [2.05, 4.69) is 0 Å². The maximum absolute atomic E-state index is 13.0. The molecule has 174 valence electrons. The maximum atomic E-state index is 13.0. The Hall–Kier alpha value is -1.94. The molecule has 1 aliphatic carbocycles. The number of para-hydroxylation sites is 1. The van der Waals surface area contributed by atoms with Crippen molar-refractivity contribution >= 4 is 23.4 Å². The van der Waals surface area contributed by atoms with Crippen LogP contribution in [0.2, 0.25) is 0 Å². The number of rotatable bonds is 11. The summed E-state index contributed by atoms with van der Waals surface area (Å²) in [7, 11) is 0. The minimum atomic E-state index is 0.00638. The number of anilines is 1. The number of ether oxygens (including phenoxy) is 1. The summed E-state index contributed by atoms with van der Waals surface area (Å²) in [6.45, 7) is 2.82. The van der Waals surface area contributed by atoms with Crippen LogP contribution in [0.5, 0.6) is 5.75 Å². The molecule has 3 rings (SSSR count). The van der Waals surface area contributed by atoms with Crippen molar-refractivity contribution in [1.82, 2.24) is 0 Å². The van der Waals surface area contributed by atoms with Crippen LogP contribution in [0.15, 0.2) is 54.6 Å². The highest BCUT2D eigenvalue weighted by molar-refractivity contribution is 7.99. The quantitative estimate of drug-likeness (QED) is 0.335. The molecule has 1 fully saturated rings. The van der Waals surface area contributed by atoms with Crippen molar-refractivity contribution in [3.05, 3.63) is 60.2 Å². The Morgan fingerprint density at radius 2 is 1.62 bits per heavy atom. The molecule has 0 radical (unpaired) electrons. The van der Waals surface area contributed by atoms with Crippen LogP contribution in [0.25, 0.3) is 0 Å². The van der Waals surface area contributed by atoms with Crippen molar-refractivity contribution in [3.63, 3.8) is 0 Å². The zero-order valence-electron chi connectivity index (χ0n) is 19.6. The summed E-state index contributed by atoms with van der Waals surface area (Å²) in [5.41, 5.74) is 2.13. The molecule has 0 atom stereocenters. The molecule has 32 heavy (non-hydrogen) atoms. The Morgan fingerprint density at radius 1 is 0.938 bits per heavy atom. The van der Waals surface area contributed by atoms with Gasteiger partial charge >= 0.3 is 0 Å². The molecular weight excluding hydrogens is 414 g/mol. The number of hydrogen-bond donors (Lipinski definition) is 0. The summed E-state index contributed by atoms with van der Waals surface area (Å²) >= 11 is 1.97. The number of amides is 1. The Balaban J connectivity index is 1.41. The summed E-state index contributed by atoms with van der Waals surface area (Å²) in [6, 6.07) is 17.8. The van der Waals surface area contributed by atoms with E-state index in [1.165, 1.54) is 69.1 Å². The molecule has 4 heteroatoms. The molecular formula is C28H39NO2S. The topological polar surface area (TPSA) is 29.5 Å². The number of thioether (sulfide) groups is 1. The van der Waals surface area contributed by atoms with E-state index in [0.717, 1.165) is 23.1 Å². The lowest BCUT2D eigenvalue weighted by Gasteiger charge is -2.23. The van der Waals surface area contributed by atoms with Gasteiger partial charge in [-0.2, -0.15) is 11.8 Å². The van der Waals surface area contributed by atoms with Gasteiger partial charge < -0.3 is 9.64 Å². The van der Waals surface area contributed by atoms with Crippen molar-refractivity contribution in [2.45, 2.75) is 64.7 Å². The standard InChI is InChI=1S/C28H39NO2S/c1-24-16-18-27(19-17-24)31-23-28(30)29(26-14-8-5-9-15-26)20-22-32-21-10-13-25-11-6-3-2-4-7-12-25/h5,8-9,14-19,25H,2-4,6-7,10-13,20-23H2,1H3. The SMILES string of the molecule is Cc1ccc(OCC(=O)N(CCSCCCC2CCCCCCC2)c2ccccc2)cc1. The zero-order valence-corrected chi connectivity index (χ0v) is 20.5. The molecule has 2 aromatic carbocycles. The number of aryl methyl sites for hydroxylation is 1. The van der Waals surface area contributed by atoms with Crippen LogP contribution in [0.1, 0.15) is 63.4 Å². The third-order valence-electron chi connectivity index (χ3n) is 6.34. The first-order valence-corrected chi connectivity index (χ1v) is 13.5. The van der Waals surface area contributed by atoms with Gasteiger partial charge in [0, 0.05) is 18.0 Å². The molecule has 0 bridgehead atoms. The van der Waals surface area contributed by atoms with E-state index in [1.54, 1.807) is 0 Å². The normalized spacial score (nSPS) is 15.0. The van der Waals surface area contributed by atoms with Gasteiger partial charge in [-0.15, -0.1) is 0 Å². The van der Waals surface area contributed by atoms with Gasteiger partial charge in [0.05, 0.1) is 0 Å². The predicted molar refractivity (Wildman–Crippen MR) is 138 cm³/mol. The number of carbonyl (C=O) groups excluding carboxylic acids is 1. The smallest absolute Gasteiger partial charge is 0.264 e. The second kappa shape index (κ2) is 14.3. The highest BCUT2D eigenvalue weighted by atomic mass is 32.2. The molecule has 0 saturated heterocycles. The second-order valence-corrected chi connectivity index (χ2v) is 10.2. The van der Waals surface area contributed by atoms with E-state index in [-0.39, 0.29) is 12.5 Å². The molecule has 2 aromatic rings. The maximum Gasteiger partial charge on any atom is 0.264 e. The molecule has 0 spiro atoms. The fourth-order valence-corrected chi connectivity index (χ4v) is 5.31. The fourth-order valence-electron chi connectivity index (χ4n) is 4.42. The number of nitrogens with zero attached hydrogens (tertiary/aromatic N) is 1. The first kappa shape index (κ1) is 24.7. The van der Waals surface area contributed by atoms with Gasteiger partial charge in [-0.3, -0.25) is 4.79 Å². The molecule has 0 aliphatic heterocycles. The van der Waals surface area contributed by atoms with E-state index < -0.39 is 0 Å². The minimum absolute atomic E-state index is 0.00638. The molecule has 0 heterocycles. The average Bonchev–Trinajstić information content (AvgIpc) is 2.79. The molecule has 0 N–H and O–H groups in total. The summed E-state index contributed by atoms with van der Waals surface area (Å²) in [5, 5.41) is 0. The van der Waals surface area contributed by atoms with E-state index in [9.17, 15) is 4.79 Å². The van der Waals surface area contributed by atoms with Crippen LogP contribution in [0, 0.1) is 12.8 Å². The summed E-state index contributed by atoms with van der Waals surface area (Å²) < 4.78 is 5.76. The Kier molecular flexibility index (Phi) is 11.0. The number of hydrogen-bond acceptors (Lipinski definition) is 3. The molecule has 0 aromatic heterocycles. The van der Waals surface area contributed by atoms with Gasteiger partial charge in [-0.1, -0.05) is 80.8 Å². The number of benzene rings is 2. The van der Waals surface area contributed by atoms with Gasteiger partial charge in [-0.05, 0) is 55.7 Å². The predicted octanol–water partition coefficient (Wildman–Crippen LogP) is 7.28. The van der Waals surface area contributed by atoms with Crippen LogP contribution < -0.4 is 9.64 Å². The van der Waals surface area contributed by atoms with Crippen LogP contribution in [-0.4, -0.2) is 30.6 Å². The van der Waals surface area contributed by atoms with E-state index in [0.29, 0.717) is 6.54 Å². The van der Waals surface area contributed by atoms with Crippen molar-refractivity contribution in [1.29, 1.82) is 0 Å². The minimum Gasteiger partial charge on any atom is -0.484 e. The Labute approximate surface area is 198 Å². The van der Waals surface area contributed by atoms with Gasteiger partial charge in [0.2, 0.25) is 0 Å². The average molecular weight is 454 g/mol. The summed E-state index contributed by atoms with van der Waals surface area (Å²) in [6.07, 6.45) is 12.7. The van der Waals surface area contributed by atoms with E-state index in [1.807, 2.05) is 78.2 Å². The van der Waals surface area contributed by atoms with Gasteiger partial charge in [0.25, 0.3) is 5.91 Å². The highest BCUT2D eigenvalue weighted by Crippen LogP contribution is 2.26. The lowest BCUT2D eigenvalue weighted by Crippen LogP contribution is -2.36. The third kappa shape index (κ3) is 8.90. The fraction of sp³-hybridized carbons (Fsp3) is 0.536. The van der Waals surface area contributed by atoms with Crippen molar-refractivity contribution in [2.24, 2.45) is 5.92 Å². The number of carbonyl (C=O) groups is 1. The van der Waals surface area contributed by atoms with Gasteiger partial charge in [-0.25, -0.2) is 0 Å². The first-order chi connectivity index (χ1) is 15.7. The Bertz CT molecular complexity index is 770. The van der Waals surface area contributed by atoms with Crippen molar-refractivity contribution in [2.75, 3.05) is 29.6 Å². The van der Waals surface area contributed by atoms with Crippen LogP contribution in [-0.2, 0) is 4.79 Å². The molecule has 3 nitrogen and oxygen atoms in total. The monoisotopic (exact) mass is 453 g/mol. The van der Waals surface area contributed by atoms with Crippen LogP contribution in [0.4, 0.5) is 5.69 Å². The first-order valence-electron chi connectivity index (χ1n) is 12.3. The lowest BCUT2D eigenvalue weighted by molar-refractivity contribution is -0.120. The van der Waals surface area contributed by atoms with Crippen LogP contribution >= 0.6 is 11.8 Å². The lowest BCUT2D eigenvalue weighted by atomic mass is 9.88. The van der Waals surface area contributed by atoms with Gasteiger partial charge in [0.1, 0.15) is 5.75 Å². The largest absolute Gasteiger partial charge is 0.484 e. The van der Waals surface area contributed by atoms with E-state index in [4.69, 9.17) is 4.74 Å². The third-order valence-corrected chi connectivity index (χ3v) is 7.39. The zero-order chi connectivity index (χ0) is 22.4. The second-order valence-electron chi connectivity index (χ2n) is 8.95.